The van der Waals surface area contributed by atoms with Crippen LogP contribution < -0.4 is 4.74 Å². The molecular formula is C26H46O6S. The third kappa shape index (κ3) is 13.8. The molecule has 0 heterocycles. The van der Waals surface area contributed by atoms with E-state index in [9.17, 15) is 9.59 Å². The van der Waals surface area contributed by atoms with Gasteiger partial charge in [-0.1, -0.05) is 38.5 Å². The van der Waals surface area contributed by atoms with Crippen molar-refractivity contribution in [2.75, 3.05) is 46.0 Å². The van der Waals surface area contributed by atoms with Gasteiger partial charge in [-0.2, -0.15) is 11.8 Å². The van der Waals surface area contributed by atoms with E-state index in [1.807, 2.05) is 32.0 Å². The minimum absolute atomic E-state index is 0.166. The number of rotatable bonds is 15. The van der Waals surface area contributed by atoms with Crippen molar-refractivity contribution in [3.8, 4) is 5.75 Å². The third-order valence-corrected chi connectivity index (χ3v) is 6.73. The van der Waals surface area contributed by atoms with Crippen molar-refractivity contribution in [1.29, 1.82) is 0 Å². The number of carbonyl (C=O) groups is 2. The molecule has 0 saturated heterocycles. The SMILES string of the molecule is CCOC.CO.COc1c(CCC=O)cccc1C(C)(C=O)CCCC(C)(C)CSCCO. The lowest BCUT2D eigenvalue weighted by atomic mass is 9.76. The molecule has 1 atom stereocenters. The standard InChI is InChI=1S/C22H34O4S.C3H8O.CH4O/c1-21(2,17-27-15-14-24)11-7-12-22(3,16-25)19-10-5-8-18(9-6-13-23)20(19)26-4;1-3-4-2;1-2/h5,8,10,13,16,24H,6-7,9,11-12,14-15,17H2,1-4H3;3H2,1-2H3;2H,1H3. The van der Waals surface area contributed by atoms with Gasteiger partial charge in [-0.15, -0.1) is 0 Å². The van der Waals surface area contributed by atoms with Crippen LogP contribution in [0, 0.1) is 5.41 Å². The van der Waals surface area contributed by atoms with E-state index < -0.39 is 5.41 Å². The van der Waals surface area contributed by atoms with E-state index in [2.05, 4.69) is 18.6 Å². The summed E-state index contributed by atoms with van der Waals surface area (Å²) in [5, 5.41) is 15.9. The van der Waals surface area contributed by atoms with Gasteiger partial charge in [-0.3, -0.25) is 0 Å². The average Bonchev–Trinajstić information content (AvgIpc) is 2.83. The Morgan fingerprint density at radius 2 is 1.73 bits per heavy atom. The molecule has 7 heteroatoms. The first-order chi connectivity index (χ1) is 15.7. The summed E-state index contributed by atoms with van der Waals surface area (Å²) in [7, 11) is 4.30. The van der Waals surface area contributed by atoms with E-state index >= 15 is 0 Å². The van der Waals surface area contributed by atoms with Crippen LogP contribution in [-0.2, 0) is 26.2 Å². The molecule has 1 unspecified atom stereocenters. The maximum Gasteiger partial charge on any atom is 0.130 e. The molecule has 1 rings (SSSR count). The van der Waals surface area contributed by atoms with Gasteiger partial charge in [-0.25, -0.2) is 0 Å². The van der Waals surface area contributed by atoms with Crippen LogP contribution >= 0.6 is 11.8 Å². The largest absolute Gasteiger partial charge is 0.496 e. The van der Waals surface area contributed by atoms with Gasteiger partial charge < -0.3 is 29.3 Å². The number of aldehydes is 2. The predicted octanol–water partition coefficient (Wildman–Crippen LogP) is 4.47. The zero-order valence-corrected chi connectivity index (χ0v) is 22.5. The Balaban J connectivity index is 0. The summed E-state index contributed by atoms with van der Waals surface area (Å²) in [5.41, 5.74) is 1.42. The summed E-state index contributed by atoms with van der Waals surface area (Å²) >= 11 is 1.77. The van der Waals surface area contributed by atoms with Gasteiger partial charge in [0, 0.05) is 38.6 Å². The zero-order chi connectivity index (χ0) is 25.8. The minimum atomic E-state index is -0.614. The van der Waals surface area contributed by atoms with Crippen molar-refractivity contribution in [2.45, 2.75) is 65.2 Å². The van der Waals surface area contributed by atoms with E-state index in [-0.39, 0.29) is 12.0 Å². The van der Waals surface area contributed by atoms with E-state index in [1.54, 1.807) is 26.0 Å². The summed E-state index contributed by atoms with van der Waals surface area (Å²) in [5.74, 6) is 2.49. The molecule has 0 aliphatic heterocycles. The normalized spacial score (nSPS) is 12.4. The summed E-state index contributed by atoms with van der Waals surface area (Å²) in [6, 6.07) is 5.85. The average molecular weight is 487 g/mol. The molecule has 2 N–H and O–H groups in total. The molecule has 0 fully saturated rings. The van der Waals surface area contributed by atoms with Crippen molar-refractivity contribution >= 4 is 24.3 Å². The van der Waals surface area contributed by atoms with Crippen LogP contribution in [0.5, 0.6) is 5.75 Å². The summed E-state index contributed by atoms with van der Waals surface area (Å²) in [6.07, 6.45) is 5.69. The highest BCUT2D eigenvalue weighted by atomic mass is 32.2. The molecule has 192 valence electrons. The number of benzene rings is 1. The second-order valence-electron chi connectivity index (χ2n) is 8.61. The molecule has 6 nitrogen and oxygen atoms in total. The molecule has 1 aromatic rings. The van der Waals surface area contributed by atoms with Crippen LogP contribution in [0.25, 0.3) is 0 Å². The van der Waals surface area contributed by atoms with E-state index in [0.717, 1.165) is 73.9 Å². The summed E-state index contributed by atoms with van der Waals surface area (Å²) in [6.45, 7) is 9.42. The minimum Gasteiger partial charge on any atom is -0.496 e. The van der Waals surface area contributed by atoms with Crippen LogP contribution in [0.3, 0.4) is 0 Å². The highest BCUT2D eigenvalue weighted by Crippen LogP contribution is 2.38. The number of aliphatic hydroxyl groups excluding tert-OH is 2. The number of carbonyl (C=O) groups excluding carboxylic acids is 2. The number of thioether (sulfide) groups is 1. The molecule has 0 saturated carbocycles. The van der Waals surface area contributed by atoms with Gasteiger partial charge in [0.2, 0.25) is 0 Å². The molecule has 0 radical (unpaired) electrons. The second-order valence-corrected chi connectivity index (χ2v) is 9.72. The van der Waals surface area contributed by atoms with Crippen molar-refractivity contribution in [3.63, 3.8) is 0 Å². The van der Waals surface area contributed by atoms with Crippen LogP contribution in [-0.4, -0.2) is 68.8 Å². The quantitative estimate of drug-likeness (QED) is 0.279. The van der Waals surface area contributed by atoms with Crippen LogP contribution in [0.4, 0.5) is 0 Å². The van der Waals surface area contributed by atoms with Crippen LogP contribution in [0.15, 0.2) is 18.2 Å². The number of para-hydroxylation sites is 1. The van der Waals surface area contributed by atoms with E-state index in [4.69, 9.17) is 14.9 Å². The van der Waals surface area contributed by atoms with Gasteiger partial charge >= 0.3 is 0 Å². The van der Waals surface area contributed by atoms with Gasteiger partial charge in [0.05, 0.1) is 19.1 Å². The number of methoxy groups -OCH3 is 2. The highest BCUT2D eigenvalue weighted by molar-refractivity contribution is 7.99. The Morgan fingerprint density at radius 1 is 1.09 bits per heavy atom. The van der Waals surface area contributed by atoms with Crippen LogP contribution in [0.1, 0.15) is 64.5 Å². The number of hydrogen-bond donors (Lipinski definition) is 2. The van der Waals surface area contributed by atoms with Crippen molar-refractivity contribution in [2.24, 2.45) is 5.41 Å². The molecule has 0 aliphatic rings. The molecule has 0 amide bonds. The van der Waals surface area contributed by atoms with Crippen molar-refractivity contribution in [3.05, 3.63) is 29.3 Å². The molecule has 0 aromatic heterocycles. The second kappa shape index (κ2) is 20.0. The first-order valence-electron chi connectivity index (χ1n) is 11.4. The lowest BCUT2D eigenvalue weighted by Gasteiger charge is -2.29. The van der Waals surface area contributed by atoms with Crippen molar-refractivity contribution in [1.82, 2.24) is 0 Å². The molecule has 1 aromatic carbocycles. The Bertz CT molecular complexity index is 633. The third-order valence-electron chi connectivity index (χ3n) is 5.27. The first kappa shape index (κ1) is 33.8. The Kier molecular flexibility index (Phi) is 20.5. The molecule has 0 aliphatic carbocycles. The molecular weight excluding hydrogens is 440 g/mol. The predicted molar refractivity (Wildman–Crippen MR) is 139 cm³/mol. The van der Waals surface area contributed by atoms with Gasteiger partial charge in [0.1, 0.15) is 18.3 Å². The van der Waals surface area contributed by atoms with Gasteiger partial charge in [0.25, 0.3) is 0 Å². The Morgan fingerprint density at radius 3 is 2.21 bits per heavy atom. The maximum atomic E-state index is 12.0. The lowest BCUT2D eigenvalue weighted by molar-refractivity contribution is -0.112. The first-order valence-corrected chi connectivity index (χ1v) is 12.6. The Labute approximate surface area is 205 Å². The Hall–Kier alpha value is -1.41. The maximum absolute atomic E-state index is 12.0. The fourth-order valence-electron chi connectivity index (χ4n) is 3.36. The topological polar surface area (TPSA) is 93.1 Å². The van der Waals surface area contributed by atoms with E-state index in [1.165, 1.54) is 0 Å². The van der Waals surface area contributed by atoms with Gasteiger partial charge in [0.15, 0.2) is 0 Å². The molecule has 0 bridgehead atoms. The smallest absolute Gasteiger partial charge is 0.130 e. The molecule has 33 heavy (non-hydrogen) atoms. The number of ether oxygens (including phenoxy) is 2. The fraction of sp³-hybridized carbons (Fsp3) is 0.692. The number of aryl methyl sites for hydroxylation is 1. The number of aliphatic hydroxyl groups is 2. The fourth-order valence-corrected chi connectivity index (χ4v) is 4.33. The van der Waals surface area contributed by atoms with Gasteiger partial charge in [-0.05, 0) is 49.8 Å². The lowest BCUT2D eigenvalue weighted by Crippen LogP contribution is -2.26. The van der Waals surface area contributed by atoms with E-state index in [0.29, 0.717) is 12.8 Å². The highest BCUT2D eigenvalue weighted by Gasteiger charge is 2.31. The zero-order valence-electron chi connectivity index (χ0n) is 21.7. The summed E-state index contributed by atoms with van der Waals surface area (Å²) < 4.78 is 10.2. The number of hydrogen-bond acceptors (Lipinski definition) is 7. The van der Waals surface area contributed by atoms with Crippen LogP contribution in [0.2, 0.25) is 0 Å². The molecule has 0 spiro atoms. The van der Waals surface area contributed by atoms with Crippen molar-refractivity contribution < 1.29 is 29.3 Å². The summed E-state index contributed by atoms with van der Waals surface area (Å²) in [4.78, 5) is 22.8. The monoisotopic (exact) mass is 486 g/mol.